The molecule has 2 fully saturated rings. The zero-order valence-corrected chi connectivity index (χ0v) is 21.7. The third kappa shape index (κ3) is 3.89. The summed E-state index contributed by atoms with van der Waals surface area (Å²) in [7, 11) is 1.60. The van der Waals surface area contributed by atoms with Gasteiger partial charge in [0, 0.05) is 6.54 Å². The van der Waals surface area contributed by atoms with E-state index in [9.17, 15) is 14.7 Å². The number of carboxylic acid groups (broad SMARTS) is 1. The van der Waals surface area contributed by atoms with Gasteiger partial charge in [-0.15, -0.1) is 0 Å². The molecule has 0 saturated carbocycles. The number of carbonyl (C=O) groups excluding carboxylic acids is 1. The summed E-state index contributed by atoms with van der Waals surface area (Å²) < 4.78 is 29.8. The standard InChI is InChI=1S/C28H35NO8/c1-26(2)7-4-9-28(37-26,15-22(30)31)25(32)36-24-21(33-3)14-27-8-5-10-29(27)11-6-17-12-19-20(35-16-34-19)13-18(17)23(24)27/h12-14,23-24H,4-11,15-16H2,1-3H3,(H,30,31)/t23-,24?,27-,28+/m1/s1. The topological polar surface area (TPSA) is 104 Å². The summed E-state index contributed by atoms with van der Waals surface area (Å²) in [5.41, 5.74) is -0.322. The molecule has 2 saturated heterocycles. The van der Waals surface area contributed by atoms with Gasteiger partial charge in [-0.25, -0.2) is 4.79 Å². The van der Waals surface area contributed by atoms with E-state index >= 15 is 0 Å². The largest absolute Gasteiger partial charge is 0.497 e. The second-order valence-electron chi connectivity index (χ2n) is 11.6. The van der Waals surface area contributed by atoms with Gasteiger partial charge in [-0.05, 0) is 88.3 Å². The van der Waals surface area contributed by atoms with E-state index in [0.29, 0.717) is 24.4 Å². The van der Waals surface area contributed by atoms with Crippen LogP contribution in [0.1, 0.15) is 69.4 Å². The van der Waals surface area contributed by atoms with Crippen LogP contribution in [0.4, 0.5) is 0 Å². The Balaban J connectivity index is 1.42. The number of fused-ring (bicyclic) bond motifs is 3. The van der Waals surface area contributed by atoms with Gasteiger partial charge in [-0.2, -0.15) is 0 Å². The van der Waals surface area contributed by atoms with Gasteiger partial charge >= 0.3 is 11.9 Å². The monoisotopic (exact) mass is 513 g/mol. The molecule has 9 nitrogen and oxygen atoms in total. The fourth-order valence-corrected chi connectivity index (χ4v) is 7.33. The van der Waals surface area contributed by atoms with Gasteiger partial charge in [0.15, 0.2) is 23.2 Å². The number of aliphatic carboxylic acids is 1. The molecule has 9 heteroatoms. The van der Waals surface area contributed by atoms with Crippen molar-refractivity contribution in [3.63, 3.8) is 0 Å². The van der Waals surface area contributed by atoms with Gasteiger partial charge in [0.25, 0.3) is 0 Å². The van der Waals surface area contributed by atoms with Crippen molar-refractivity contribution >= 4 is 11.9 Å². The smallest absolute Gasteiger partial charge is 0.339 e. The molecule has 1 aromatic carbocycles. The number of benzene rings is 1. The van der Waals surface area contributed by atoms with Crippen LogP contribution in [0, 0.1) is 0 Å². The molecule has 1 unspecified atom stereocenters. The van der Waals surface area contributed by atoms with Crippen LogP contribution in [0.25, 0.3) is 0 Å². The number of ether oxygens (including phenoxy) is 5. The van der Waals surface area contributed by atoms with Crippen molar-refractivity contribution in [3.8, 4) is 11.5 Å². The van der Waals surface area contributed by atoms with E-state index in [1.165, 1.54) is 0 Å². The minimum atomic E-state index is -1.54. The number of nitrogens with zero attached hydrogens (tertiary/aromatic N) is 1. The third-order valence-corrected chi connectivity index (χ3v) is 8.84. The number of hydrogen-bond acceptors (Lipinski definition) is 8. The van der Waals surface area contributed by atoms with E-state index in [-0.39, 0.29) is 18.2 Å². The normalized spacial score (nSPS) is 33.5. The Morgan fingerprint density at radius 2 is 1.89 bits per heavy atom. The minimum absolute atomic E-state index is 0.185. The molecule has 200 valence electrons. The van der Waals surface area contributed by atoms with Gasteiger partial charge in [-0.1, -0.05) is 0 Å². The maximum Gasteiger partial charge on any atom is 0.339 e. The lowest BCUT2D eigenvalue weighted by molar-refractivity contribution is -0.216. The highest BCUT2D eigenvalue weighted by Crippen LogP contribution is 2.56. The predicted octanol–water partition coefficient (Wildman–Crippen LogP) is 3.54. The molecule has 0 radical (unpaired) electrons. The Morgan fingerprint density at radius 3 is 2.62 bits per heavy atom. The number of methoxy groups -OCH3 is 1. The third-order valence-electron chi connectivity index (χ3n) is 8.84. The molecule has 0 amide bonds. The second-order valence-corrected chi connectivity index (χ2v) is 11.6. The van der Waals surface area contributed by atoms with E-state index in [0.717, 1.165) is 55.6 Å². The zero-order valence-electron chi connectivity index (χ0n) is 21.7. The molecule has 0 bridgehead atoms. The molecule has 4 heterocycles. The van der Waals surface area contributed by atoms with Gasteiger partial charge in [-0.3, -0.25) is 9.69 Å². The number of carbonyl (C=O) groups is 2. The van der Waals surface area contributed by atoms with E-state index in [2.05, 4.69) is 17.0 Å². The molecule has 4 atom stereocenters. The zero-order chi connectivity index (χ0) is 26.0. The molecule has 0 aromatic heterocycles. The molecule has 1 aliphatic carbocycles. The summed E-state index contributed by atoms with van der Waals surface area (Å²) in [5.74, 6) is 0.0737. The highest BCUT2D eigenvalue weighted by atomic mass is 16.7. The van der Waals surface area contributed by atoms with Crippen molar-refractivity contribution in [2.75, 3.05) is 27.0 Å². The molecular weight excluding hydrogens is 478 g/mol. The quantitative estimate of drug-likeness (QED) is 0.592. The fraction of sp³-hybridized carbons (Fsp3) is 0.643. The number of rotatable bonds is 5. The lowest BCUT2D eigenvalue weighted by Crippen LogP contribution is -2.54. The first-order valence-corrected chi connectivity index (χ1v) is 13.2. The van der Waals surface area contributed by atoms with Crippen LogP contribution in [-0.4, -0.2) is 71.8 Å². The Kier molecular flexibility index (Phi) is 5.73. The maximum atomic E-state index is 14.0. The summed E-state index contributed by atoms with van der Waals surface area (Å²) in [4.78, 5) is 28.3. The van der Waals surface area contributed by atoms with Crippen LogP contribution in [0.3, 0.4) is 0 Å². The molecule has 6 rings (SSSR count). The predicted molar refractivity (Wildman–Crippen MR) is 132 cm³/mol. The summed E-state index contributed by atoms with van der Waals surface area (Å²) in [5, 5.41) is 9.72. The average molecular weight is 514 g/mol. The van der Waals surface area contributed by atoms with Crippen molar-refractivity contribution in [2.45, 2.75) is 87.6 Å². The van der Waals surface area contributed by atoms with E-state index < -0.39 is 35.7 Å². The Hall–Kier alpha value is -2.78. The van der Waals surface area contributed by atoms with Crippen molar-refractivity contribution < 1.29 is 38.4 Å². The first-order valence-electron chi connectivity index (χ1n) is 13.2. The van der Waals surface area contributed by atoms with Gasteiger partial charge < -0.3 is 28.8 Å². The van der Waals surface area contributed by atoms with Gasteiger partial charge in [0.2, 0.25) is 6.79 Å². The van der Waals surface area contributed by atoms with Gasteiger partial charge in [0.1, 0.15) is 5.76 Å². The van der Waals surface area contributed by atoms with Crippen molar-refractivity contribution in [2.24, 2.45) is 0 Å². The minimum Gasteiger partial charge on any atom is -0.497 e. The molecule has 1 spiro atoms. The van der Waals surface area contributed by atoms with E-state index in [1.807, 2.05) is 19.9 Å². The van der Waals surface area contributed by atoms with Crippen LogP contribution < -0.4 is 9.47 Å². The van der Waals surface area contributed by atoms with Crippen LogP contribution in [0.5, 0.6) is 11.5 Å². The van der Waals surface area contributed by atoms with Crippen molar-refractivity contribution in [1.29, 1.82) is 0 Å². The van der Waals surface area contributed by atoms with Crippen molar-refractivity contribution in [3.05, 3.63) is 35.1 Å². The van der Waals surface area contributed by atoms with Crippen molar-refractivity contribution in [1.82, 2.24) is 4.90 Å². The Labute approximate surface area is 216 Å². The second kappa shape index (κ2) is 8.63. The lowest BCUT2D eigenvalue weighted by atomic mass is 9.77. The summed E-state index contributed by atoms with van der Waals surface area (Å²) >= 11 is 0. The lowest BCUT2D eigenvalue weighted by Gasteiger charge is -2.44. The van der Waals surface area contributed by atoms with E-state index in [4.69, 9.17) is 23.7 Å². The summed E-state index contributed by atoms with van der Waals surface area (Å²) in [6, 6.07) is 4.09. The Morgan fingerprint density at radius 1 is 1.11 bits per heavy atom. The average Bonchev–Trinajstić information content (AvgIpc) is 3.51. The van der Waals surface area contributed by atoms with E-state index in [1.54, 1.807) is 7.11 Å². The van der Waals surface area contributed by atoms with Crippen LogP contribution in [-0.2, 0) is 30.2 Å². The summed E-state index contributed by atoms with van der Waals surface area (Å²) in [6.07, 6.45) is 5.51. The number of esters is 1. The maximum absolute atomic E-state index is 14.0. The number of carboxylic acids is 1. The van der Waals surface area contributed by atoms with Crippen LogP contribution in [0.2, 0.25) is 0 Å². The number of hydrogen-bond donors (Lipinski definition) is 1. The highest BCUT2D eigenvalue weighted by molar-refractivity contribution is 5.86. The highest BCUT2D eigenvalue weighted by Gasteiger charge is 2.59. The molecular formula is C28H35NO8. The molecule has 5 aliphatic rings. The first-order chi connectivity index (χ1) is 17.7. The molecule has 4 aliphatic heterocycles. The van der Waals surface area contributed by atoms with Crippen LogP contribution in [0.15, 0.2) is 24.0 Å². The van der Waals surface area contributed by atoms with Crippen LogP contribution >= 0.6 is 0 Å². The first kappa shape index (κ1) is 24.6. The Bertz CT molecular complexity index is 1160. The van der Waals surface area contributed by atoms with Gasteiger partial charge in [0.05, 0.1) is 30.6 Å². The molecule has 37 heavy (non-hydrogen) atoms. The summed E-state index contributed by atoms with van der Waals surface area (Å²) in [6.45, 7) is 5.79. The molecule has 1 aromatic rings. The fourth-order valence-electron chi connectivity index (χ4n) is 7.33. The molecule has 1 N–H and O–H groups in total. The SMILES string of the molecule is COC1=C[C@@]23CCCN2CCc2cc4c(cc2[C@@H]3C1OC(=O)[C@@]1(CC(=O)O)CCCC(C)(C)O1)OCO4.